The molecule has 1 unspecified atom stereocenters. The number of benzene rings is 1. The van der Waals surface area contributed by atoms with Crippen LogP contribution in [0.1, 0.15) is 46.1 Å². The van der Waals surface area contributed by atoms with Gasteiger partial charge in [-0.3, -0.25) is 0 Å². The molecular formula is C17H26ClFN2O2. The van der Waals surface area contributed by atoms with Crippen LogP contribution in [0.15, 0.2) is 18.2 Å². The van der Waals surface area contributed by atoms with Crippen LogP contribution in [0.4, 0.5) is 9.18 Å². The maximum Gasteiger partial charge on any atom is 0.407 e. The molecule has 1 atom stereocenters. The highest BCUT2D eigenvalue weighted by Crippen LogP contribution is 2.14. The fraction of sp³-hybridized carbons (Fsp3) is 0.588. The summed E-state index contributed by atoms with van der Waals surface area (Å²) in [5, 5.41) is 6.39. The maximum absolute atomic E-state index is 13.8. The molecule has 23 heavy (non-hydrogen) atoms. The van der Waals surface area contributed by atoms with Crippen molar-refractivity contribution >= 4 is 17.7 Å². The van der Waals surface area contributed by atoms with Crippen LogP contribution in [-0.2, 0) is 11.3 Å². The molecule has 0 fully saturated rings. The Kier molecular flexibility index (Phi) is 7.79. The third kappa shape index (κ3) is 8.18. The van der Waals surface area contributed by atoms with Gasteiger partial charge in [-0.2, -0.15) is 0 Å². The summed E-state index contributed by atoms with van der Waals surface area (Å²) in [6.07, 6.45) is 1.37. The lowest BCUT2D eigenvalue weighted by Gasteiger charge is -2.22. The lowest BCUT2D eigenvalue weighted by molar-refractivity contribution is 0.0521. The number of hydrogen-bond donors (Lipinski definition) is 2. The Morgan fingerprint density at radius 2 is 2.09 bits per heavy atom. The van der Waals surface area contributed by atoms with Crippen molar-refractivity contribution in [3.63, 3.8) is 0 Å². The Hall–Kier alpha value is -1.33. The molecule has 6 heteroatoms. The van der Waals surface area contributed by atoms with Gasteiger partial charge in [0.15, 0.2) is 0 Å². The Morgan fingerprint density at radius 3 is 2.65 bits per heavy atom. The summed E-state index contributed by atoms with van der Waals surface area (Å²) in [7, 11) is 0. The van der Waals surface area contributed by atoms with E-state index >= 15 is 0 Å². The molecule has 1 aromatic carbocycles. The van der Waals surface area contributed by atoms with Crippen molar-refractivity contribution < 1.29 is 13.9 Å². The van der Waals surface area contributed by atoms with E-state index < -0.39 is 11.7 Å². The van der Waals surface area contributed by atoms with Gasteiger partial charge in [0.2, 0.25) is 0 Å². The highest BCUT2D eigenvalue weighted by atomic mass is 35.5. The summed E-state index contributed by atoms with van der Waals surface area (Å²) in [6, 6.07) is 4.67. The molecule has 0 aliphatic heterocycles. The molecule has 0 bridgehead atoms. The van der Waals surface area contributed by atoms with Gasteiger partial charge < -0.3 is 15.4 Å². The molecular weight excluding hydrogens is 319 g/mol. The zero-order chi connectivity index (χ0) is 17.5. The summed E-state index contributed by atoms with van der Waals surface area (Å²) >= 11 is 5.74. The molecule has 0 aromatic heterocycles. The molecule has 0 saturated heterocycles. The van der Waals surface area contributed by atoms with Crippen LogP contribution in [0.2, 0.25) is 5.02 Å². The number of hydrogen-bond acceptors (Lipinski definition) is 3. The summed E-state index contributed by atoms with van der Waals surface area (Å²) < 4.78 is 19.0. The molecule has 0 heterocycles. The molecule has 0 aliphatic rings. The average molecular weight is 345 g/mol. The SMILES string of the molecule is CCCC(CNC(=O)OC(C)(C)C)NCc1ccc(Cl)cc1F. The summed E-state index contributed by atoms with van der Waals surface area (Å²) in [6.45, 7) is 8.32. The van der Waals surface area contributed by atoms with Crippen molar-refractivity contribution in [2.45, 2.75) is 58.7 Å². The predicted octanol–water partition coefficient (Wildman–Crippen LogP) is 4.26. The summed E-state index contributed by atoms with van der Waals surface area (Å²) in [5.41, 5.74) is 0.0253. The van der Waals surface area contributed by atoms with Gasteiger partial charge in [0.05, 0.1) is 0 Å². The minimum atomic E-state index is -0.524. The van der Waals surface area contributed by atoms with Crippen molar-refractivity contribution in [3.05, 3.63) is 34.6 Å². The second-order valence-electron chi connectivity index (χ2n) is 6.49. The van der Waals surface area contributed by atoms with E-state index in [0.29, 0.717) is 23.7 Å². The highest BCUT2D eigenvalue weighted by Gasteiger charge is 2.17. The van der Waals surface area contributed by atoms with Gasteiger partial charge in [-0.1, -0.05) is 31.0 Å². The van der Waals surface area contributed by atoms with Crippen LogP contribution >= 0.6 is 11.6 Å². The van der Waals surface area contributed by atoms with Gasteiger partial charge in [0.1, 0.15) is 11.4 Å². The van der Waals surface area contributed by atoms with E-state index in [2.05, 4.69) is 17.6 Å². The van der Waals surface area contributed by atoms with Gasteiger partial charge in [0, 0.05) is 29.7 Å². The number of nitrogens with one attached hydrogen (secondary N) is 2. The molecule has 130 valence electrons. The number of rotatable bonds is 7. The third-order valence-corrected chi connectivity index (χ3v) is 3.36. The van der Waals surface area contributed by atoms with E-state index in [1.807, 2.05) is 20.8 Å². The Balaban J connectivity index is 2.50. The minimum absolute atomic E-state index is 0.0441. The number of carbonyl (C=O) groups excluding carboxylic acids is 1. The highest BCUT2D eigenvalue weighted by molar-refractivity contribution is 6.30. The van der Waals surface area contributed by atoms with Gasteiger partial charge in [-0.15, -0.1) is 0 Å². The average Bonchev–Trinajstić information content (AvgIpc) is 2.41. The van der Waals surface area contributed by atoms with Crippen molar-refractivity contribution in [2.75, 3.05) is 6.54 Å². The van der Waals surface area contributed by atoms with Crippen LogP contribution in [0.3, 0.4) is 0 Å². The predicted molar refractivity (Wildman–Crippen MR) is 91.2 cm³/mol. The number of halogens is 2. The standard InChI is InChI=1S/C17H26ClFN2O2/c1-5-6-14(11-21-16(22)23-17(2,3)4)20-10-12-7-8-13(18)9-15(12)19/h7-9,14,20H,5-6,10-11H2,1-4H3,(H,21,22). The van der Waals surface area contributed by atoms with Crippen LogP contribution in [0.25, 0.3) is 0 Å². The van der Waals surface area contributed by atoms with E-state index in [9.17, 15) is 9.18 Å². The fourth-order valence-electron chi connectivity index (χ4n) is 2.06. The second kappa shape index (κ2) is 9.08. The van der Waals surface area contributed by atoms with Crippen LogP contribution < -0.4 is 10.6 Å². The summed E-state index contributed by atoms with van der Waals surface area (Å²) in [4.78, 5) is 11.7. The number of ether oxygens (including phenoxy) is 1. The van der Waals surface area contributed by atoms with Crippen molar-refractivity contribution in [1.29, 1.82) is 0 Å². The molecule has 1 aromatic rings. The van der Waals surface area contributed by atoms with Gasteiger partial charge in [0.25, 0.3) is 0 Å². The smallest absolute Gasteiger partial charge is 0.407 e. The minimum Gasteiger partial charge on any atom is -0.444 e. The van der Waals surface area contributed by atoms with E-state index in [0.717, 1.165) is 12.8 Å². The Morgan fingerprint density at radius 1 is 1.39 bits per heavy atom. The van der Waals surface area contributed by atoms with Crippen LogP contribution in [0.5, 0.6) is 0 Å². The molecule has 0 spiro atoms. The Labute approximate surface area is 142 Å². The first kappa shape index (κ1) is 19.7. The van der Waals surface area contributed by atoms with E-state index in [1.165, 1.54) is 6.07 Å². The quantitative estimate of drug-likeness (QED) is 0.777. The zero-order valence-electron chi connectivity index (χ0n) is 14.2. The van der Waals surface area contributed by atoms with Crippen LogP contribution in [0, 0.1) is 5.82 Å². The zero-order valence-corrected chi connectivity index (χ0v) is 15.0. The lowest BCUT2D eigenvalue weighted by atomic mass is 10.1. The van der Waals surface area contributed by atoms with Crippen LogP contribution in [-0.4, -0.2) is 24.3 Å². The monoisotopic (exact) mass is 344 g/mol. The molecule has 0 radical (unpaired) electrons. The van der Waals surface area contributed by atoms with Gasteiger partial charge >= 0.3 is 6.09 Å². The molecule has 0 aliphatic carbocycles. The topological polar surface area (TPSA) is 50.4 Å². The number of amides is 1. The molecule has 0 saturated carbocycles. The van der Waals surface area contributed by atoms with E-state index in [-0.39, 0.29) is 11.9 Å². The fourth-order valence-corrected chi connectivity index (χ4v) is 2.22. The van der Waals surface area contributed by atoms with Gasteiger partial charge in [-0.05, 0) is 39.3 Å². The van der Waals surface area contributed by atoms with Gasteiger partial charge in [-0.25, -0.2) is 9.18 Å². The lowest BCUT2D eigenvalue weighted by Crippen LogP contribution is -2.42. The first-order chi connectivity index (χ1) is 10.7. The number of carbonyl (C=O) groups is 1. The molecule has 1 rings (SSSR count). The van der Waals surface area contributed by atoms with Crippen molar-refractivity contribution in [1.82, 2.24) is 10.6 Å². The van der Waals surface area contributed by atoms with Crippen molar-refractivity contribution in [2.24, 2.45) is 0 Å². The summed E-state index contributed by atoms with van der Waals surface area (Å²) in [5.74, 6) is -0.333. The van der Waals surface area contributed by atoms with E-state index in [1.54, 1.807) is 12.1 Å². The third-order valence-electron chi connectivity index (χ3n) is 3.13. The second-order valence-corrected chi connectivity index (χ2v) is 6.92. The largest absolute Gasteiger partial charge is 0.444 e. The first-order valence-corrected chi connectivity index (χ1v) is 8.23. The first-order valence-electron chi connectivity index (χ1n) is 7.85. The van der Waals surface area contributed by atoms with E-state index in [4.69, 9.17) is 16.3 Å². The molecule has 2 N–H and O–H groups in total. The van der Waals surface area contributed by atoms with Crippen molar-refractivity contribution in [3.8, 4) is 0 Å². The number of alkyl carbamates (subject to hydrolysis) is 1. The molecule has 4 nitrogen and oxygen atoms in total. The normalized spacial score (nSPS) is 12.8. The maximum atomic E-state index is 13.8. The molecule has 1 amide bonds. The Bertz CT molecular complexity index is 518.